The van der Waals surface area contributed by atoms with Crippen molar-refractivity contribution in [3.05, 3.63) is 48.9 Å². The number of amides is 1. The van der Waals surface area contributed by atoms with Crippen LogP contribution in [0.1, 0.15) is 0 Å². The summed E-state index contributed by atoms with van der Waals surface area (Å²) >= 11 is 0. The maximum absolute atomic E-state index is 11.9. The SMILES string of the molecule is COc1ccc(NC(=O)Oc2cccc3ncoc23)cc1. The van der Waals surface area contributed by atoms with Crippen LogP contribution in [0.15, 0.2) is 53.3 Å². The lowest BCUT2D eigenvalue weighted by atomic mass is 10.3. The highest BCUT2D eigenvalue weighted by Crippen LogP contribution is 2.25. The summed E-state index contributed by atoms with van der Waals surface area (Å²) in [4.78, 5) is 15.9. The maximum atomic E-state index is 11.9. The minimum Gasteiger partial charge on any atom is -0.497 e. The van der Waals surface area contributed by atoms with Gasteiger partial charge in [-0.2, -0.15) is 0 Å². The van der Waals surface area contributed by atoms with Crippen molar-refractivity contribution in [2.24, 2.45) is 0 Å². The molecular weight excluding hydrogens is 272 g/mol. The molecule has 1 aromatic heterocycles. The van der Waals surface area contributed by atoms with Crippen molar-refractivity contribution in [1.82, 2.24) is 4.98 Å². The van der Waals surface area contributed by atoms with E-state index in [-0.39, 0.29) is 0 Å². The second kappa shape index (κ2) is 5.54. The van der Waals surface area contributed by atoms with Crippen molar-refractivity contribution in [1.29, 1.82) is 0 Å². The molecule has 0 saturated heterocycles. The zero-order chi connectivity index (χ0) is 14.7. The number of benzene rings is 2. The molecule has 0 atom stereocenters. The normalized spacial score (nSPS) is 10.3. The highest BCUT2D eigenvalue weighted by molar-refractivity contribution is 5.89. The van der Waals surface area contributed by atoms with Gasteiger partial charge in [0.25, 0.3) is 0 Å². The first-order valence-electron chi connectivity index (χ1n) is 6.21. The number of aromatic nitrogens is 1. The predicted octanol–water partition coefficient (Wildman–Crippen LogP) is 3.45. The summed E-state index contributed by atoms with van der Waals surface area (Å²) in [5.74, 6) is 1.02. The van der Waals surface area contributed by atoms with Gasteiger partial charge in [-0.25, -0.2) is 9.78 Å². The van der Waals surface area contributed by atoms with E-state index in [1.807, 2.05) is 0 Å². The van der Waals surface area contributed by atoms with Crippen LogP contribution in [0.3, 0.4) is 0 Å². The van der Waals surface area contributed by atoms with Gasteiger partial charge in [-0.1, -0.05) is 6.07 Å². The van der Waals surface area contributed by atoms with Crippen molar-refractivity contribution < 1.29 is 18.7 Å². The molecule has 21 heavy (non-hydrogen) atoms. The Morgan fingerprint density at radius 3 is 2.76 bits per heavy atom. The van der Waals surface area contributed by atoms with E-state index in [4.69, 9.17) is 13.9 Å². The van der Waals surface area contributed by atoms with Gasteiger partial charge in [-0.05, 0) is 36.4 Å². The summed E-state index contributed by atoms with van der Waals surface area (Å²) in [7, 11) is 1.58. The van der Waals surface area contributed by atoms with Crippen molar-refractivity contribution in [3.8, 4) is 11.5 Å². The lowest BCUT2D eigenvalue weighted by Crippen LogP contribution is -2.16. The number of methoxy groups -OCH3 is 1. The molecule has 0 radical (unpaired) electrons. The quantitative estimate of drug-likeness (QED) is 0.797. The number of hydrogen-bond donors (Lipinski definition) is 1. The van der Waals surface area contributed by atoms with Crippen molar-refractivity contribution >= 4 is 22.9 Å². The third kappa shape index (κ3) is 2.79. The van der Waals surface area contributed by atoms with Gasteiger partial charge in [0.05, 0.1) is 7.11 Å². The molecule has 1 N–H and O–H groups in total. The molecule has 0 fully saturated rings. The summed E-state index contributed by atoms with van der Waals surface area (Å²) in [6.45, 7) is 0. The zero-order valence-electron chi connectivity index (χ0n) is 11.2. The number of nitrogens with zero attached hydrogens (tertiary/aromatic N) is 1. The Hall–Kier alpha value is -3.02. The van der Waals surface area contributed by atoms with Crippen molar-refractivity contribution in [3.63, 3.8) is 0 Å². The van der Waals surface area contributed by atoms with Gasteiger partial charge in [-0.15, -0.1) is 0 Å². The molecule has 0 aliphatic rings. The number of anilines is 1. The first-order valence-corrected chi connectivity index (χ1v) is 6.21. The van der Waals surface area contributed by atoms with Crippen LogP contribution in [0.4, 0.5) is 10.5 Å². The summed E-state index contributed by atoms with van der Waals surface area (Å²) in [5, 5.41) is 2.62. The van der Waals surface area contributed by atoms with E-state index in [0.717, 1.165) is 0 Å². The van der Waals surface area contributed by atoms with E-state index in [2.05, 4.69) is 10.3 Å². The van der Waals surface area contributed by atoms with Crippen LogP contribution in [-0.4, -0.2) is 18.2 Å². The molecular formula is C15H12N2O4. The van der Waals surface area contributed by atoms with Crippen LogP contribution in [0.2, 0.25) is 0 Å². The third-order valence-corrected chi connectivity index (χ3v) is 2.86. The smallest absolute Gasteiger partial charge is 0.417 e. The van der Waals surface area contributed by atoms with Crippen molar-refractivity contribution in [2.75, 3.05) is 12.4 Å². The van der Waals surface area contributed by atoms with Crippen LogP contribution >= 0.6 is 0 Å². The number of fused-ring (bicyclic) bond motifs is 1. The van der Waals surface area contributed by atoms with Gasteiger partial charge in [0, 0.05) is 5.69 Å². The highest BCUT2D eigenvalue weighted by Gasteiger charge is 2.11. The van der Waals surface area contributed by atoms with Gasteiger partial charge in [0.2, 0.25) is 0 Å². The number of carbonyl (C=O) groups excluding carboxylic acids is 1. The Kier molecular flexibility index (Phi) is 3.42. The number of ether oxygens (including phenoxy) is 2. The molecule has 3 rings (SSSR count). The Morgan fingerprint density at radius 1 is 1.19 bits per heavy atom. The van der Waals surface area contributed by atoms with E-state index >= 15 is 0 Å². The summed E-state index contributed by atoms with van der Waals surface area (Å²) in [6.07, 6.45) is 0.697. The fourth-order valence-electron chi connectivity index (χ4n) is 1.86. The van der Waals surface area contributed by atoms with Crippen LogP contribution in [0, 0.1) is 0 Å². The molecule has 2 aromatic carbocycles. The first kappa shape index (κ1) is 13.0. The summed E-state index contributed by atoms with van der Waals surface area (Å²) in [6, 6.07) is 12.1. The monoisotopic (exact) mass is 284 g/mol. The van der Waals surface area contributed by atoms with Crippen LogP contribution in [0.5, 0.6) is 11.5 Å². The van der Waals surface area contributed by atoms with Crippen molar-refractivity contribution in [2.45, 2.75) is 0 Å². The lowest BCUT2D eigenvalue weighted by molar-refractivity contribution is 0.215. The molecule has 6 heteroatoms. The second-order valence-electron chi connectivity index (χ2n) is 4.20. The average Bonchev–Trinajstić information content (AvgIpc) is 2.97. The largest absolute Gasteiger partial charge is 0.497 e. The van der Waals surface area contributed by atoms with Gasteiger partial charge in [-0.3, -0.25) is 5.32 Å². The Balaban J connectivity index is 1.72. The summed E-state index contributed by atoms with van der Waals surface area (Å²) < 4.78 is 15.5. The Morgan fingerprint density at radius 2 is 2.00 bits per heavy atom. The van der Waals surface area contributed by atoms with E-state index in [9.17, 15) is 4.79 Å². The molecule has 3 aromatic rings. The van der Waals surface area contributed by atoms with Crippen LogP contribution in [-0.2, 0) is 0 Å². The van der Waals surface area contributed by atoms with Gasteiger partial charge < -0.3 is 13.9 Å². The number of para-hydroxylation sites is 1. The zero-order valence-corrected chi connectivity index (χ0v) is 11.2. The lowest BCUT2D eigenvalue weighted by Gasteiger charge is -2.07. The number of rotatable bonds is 3. The van der Waals surface area contributed by atoms with E-state index < -0.39 is 6.09 Å². The molecule has 0 spiro atoms. The minimum atomic E-state index is -0.607. The average molecular weight is 284 g/mol. The predicted molar refractivity (Wildman–Crippen MR) is 76.6 cm³/mol. The number of oxazole rings is 1. The molecule has 1 amide bonds. The molecule has 0 bridgehead atoms. The fourth-order valence-corrected chi connectivity index (χ4v) is 1.86. The molecule has 0 aliphatic heterocycles. The topological polar surface area (TPSA) is 73.6 Å². The Labute approximate surface area is 120 Å². The van der Waals surface area contributed by atoms with E-state index in [0.29, 0.717) is 28.3 Å². The van der Waals surface area contributed by atoms with Gasteiger partial charge >= 0.3 is 6.09 Å². The minimum absolute atomic E-state index is 0.316. The first-order chi connectivity index (χ1) is 10.3. The number of hydrogen-bond acceptors (Lipinski definition) is 5. The maximum Gasteiger partial charge on any atom is 0.417 e. The Bertz CT molecular complexity index is 765. The van der Waals surface area contributed by atoms with Crippen LogP contribution < -0.4 is 14.8 Å². The standard InChI is InChI=1S/C15H12N2O4/c1-19-11-7-5-10(6-8-11)17-15(18)21-13-4-2-3-12-14(13)20-9-16-12/h2-9H,1H3,(H,17,18). The van der Waals surface area contributed by atoms with E-state index in [1.54, 1.807) is 49.6 Å². The molecule has 0 unspecified atom stereocenters. The summed E-state index contributed by atoms with van der Waals surface area (Å²) in [5.41, 5.74) is 1.66. The van der Waals surface area contributed by atoms with Crippen LogP contribution in [0.25, 0.3) is 11.1 Å². The number of nitrogens with one attached hydrogen (secondary N) is 1. The third-order valence-electron chi connectivity index (χ3n) is 2.86. The van der Waals surface area contributed by atoms with Gasteiger partial charge in [0.15, 0.2) is 17.7 Å². The second-order valence-corrected chi connectivity index (χ2v) is 4.20. The molecule has 6 nitrogen and oxygen atoms in total. The number of carbonyl (C=O) groups is 1. The molecule has 1 heterocycles. The fraction of sp³-hybridized carbons (Fsp3) is 0.0667. The highest BCUT2D eigenvalue weighted by atomic mass is 16.6. The molecule has 0 aliphatic carbocycles. The van der Waals surface area contributed by atoms with E-state index in [1.165, 1.54) is 6.39 Å². The molecule has 106 valence electrons. The molecule has 0 saturated carbocycles. The van der Waals surface area contributed by atoms with Gasteiger partial charge in [0.1, 0.15) is 11.3 Å².